The maximum absolute atomic E-state index is 13.0. The lowest BCUT2D eigenvalue weighted by molar-refractivity contribution is 0.0982. The average molecular weight is 443 g/mol. The summed E-state index contributed by atoms with van der Waals surface area (Å²) < 4.78 is 20.4. The van der Waals surface area contributed by atoms with E-state index < -0.39 is 0 Å². The van der Waals surface area contributed by atoms with Crippen LogP contribution in [-0.2, 0) is 6.61 Å². The first-order chi connectivity index (χ1) is 14.8. The Morgan fingerprint density at radius 1 is 1.19 bits per heavy atom. The minimum atomic E-state index is -0.350. The molecule has 0 saturated carbocycles. The molecule has 0 bridgehead atoms. The number of nitrogens with zero attached hydrogens (tertiary/aromatic N) is 3. The van der Waals surface area contributed by atoms with Crippen molar-refractivity contribution < 1.29 is 13.9 Å². The smallest absolute Gasteiger partial charge is 0.209 e. The van der Waals surface area contributed by atoms with Crippen molar-refractivity contribution in [1.29, 1.82) is 0 Å². The SMILES string of the molecule is Cc1ccc(C(C)C)c(OCc2nnc(SCCCC(=O)c3ccc(F)cc3)n2N)c1. The van der Waals surface area contributed by atoms with Crippen LogP contribution in [0.25, 0.3) is 0 Å². The van der Waals surface area contributed by atoms with Crippen LogP contribution in [0.3, 0.4) is 0 Å². The normalized spacial score (nSPS) is 11.1. The average Bonchev–Trinajstić information content (AvgIpc) is 3.09. The zero-order chi connectivity index (χ0) is 22.4. The summed E-state index contributed by atoms with van der Waals surface area (Å²) in [5.74, 6) is 8.13. The van der Waals surface area contributed by atoms with Crippen molar-refractivity contribution in [2.75, 3.05) is 11.6 Å². The van der Waals surface area contributed by atoms with Crippen molar-refractivity contribution in [3.63, 3.8) is 0 Å². The lowest BCUT2D eigenvalue weighted by atomic mass is 10.0. The molecule has 0 amide bonds. The monoisotopic (exact) mass is 442 g/mol. The summed E-state index contributed by atoms with van der Waals surface area (Å²) in [5.41, 5.74) is 2.78. The van der Waals surface area contributed by atoms with Gasteiger partial charge >= 0.3 is 0 Å². The number of carbonyl (C=O) groups is 1. The van der Waals surface area contributed by atoms with Gasteiger partial charge in [-0.05, 0) is 60.7 Å². The Kier molecular flexibility index (Phi) is 7.68. The van der Waals surface area contributed by atoms with Crippen molar-refractivity contribution in [2.24, 2.45) is 0 Å². The number of hydrogen-bond donors (Lipinski definition) is 1. The minimum absolute atomic E-state index is 0.0111. The maximum atomic E-state index is 13.0. The first kappa shape index (κ1) is 22.8. The fourth-order valence-electron chi connectivity index (χ4n) is 3.07. The fourth-order valence-corrected chi connectivity index (χ4v) is 3.88. The molecule has 1 aromatic heterocycles. The molecule has 0 radical (unpaired) electrons. The fraction of sp³-hybridized carbons (Fsp3) is 0.348. The zero-order valence-corrected chi connectivity index (χ0v) is 18.8. The van der Waals surface area contributed by atoms with E-state index in [1.165, 1.54) is 40.7 Å². The molecule has 3 rings (SSSR count). The highest BCUT2D eigenvalue weighted by Gasteiger charge is 2.14. The molecular formula is C23H27FN4O2S. The number of aromatic nitrogens is 3. The van der Waals surface area contributed by atoms with E-state index in [-0.39, 0.29) is 18.2 Å². The molecule has 164 valence electrons. The van der Waals surface area contributed by atoms with Gasteiger partial charge in [-0.3, -0.25) is 4.79 Å². The molecule has 0 unspecified atom stereocenters. The molecule has 3 aromatic rings. The molecule has 0 aliphatic heterocycles. The van der Waals surface area contributed by atoms with Gasteiger partial charge < -0.3 is 10.6 Å². The topological polar surface area (TPSA) is 83.0 Å². The van der Waals surface area contributed by atoms with Gasteiger partial charge in [0, 0.05) is 17.7 Å². The number of aryl methyl sites for hydroxylation is 1. The van der Waals surface area contributed by atoms with Crippen LogP contribution in [0.5, 0.6) is 5.75 Å². The van der Waals surface area contributed by atoms with E-state index >= 15 is 0 Å². The first-order valence-electron chi connectivity index (χ1n) is 10.2. The molecule has 8 heteroatoms. The highest BCUT2D eigenvalue weighted by Crippen LogP contribution is 2.28. The lowest BCUT2D eigenvalue weighted by Gasteiger charge is -2.14. The molecule has 0 spiro atoms. The van der Waals surface area contributed by atoms with Crippen molar-refractivity contribution in [2.45, 2.75) is 51.3 Å². The number of ketones is 1. The number of hydrogen-bond acceptors (Lipinski definition) is 6. The van der Waals surface area contributed by atoms with Gasteiger partial charge in [0.1, 0.15) is 18.2 Å². The van der Waals surface area contributed by atoms with Crippen molar-refractivity contribution in [1.82, 2.24) is 14.9 Å². The van der Waals surface area contributed by atoms with Gasteiger partial charge in [0.2, 0.25) is 5.16 Å². The highest BCUT2D eigenvalue weighted by molar-refractivity contribution is 7.99. The molecule has 31 heavy (non-hydrogen) atoms. The largest absolute Gasteiger partial charge is 0.485 e. The van der Waals surface area contributed by atoms with E-state index in [0.29, 0.717) is 41.1 Å². The summed E-state index contributed by atoms with van der Waals surface area (Å²) in [4.78, 5) is 12.2. The Balaban J connectivity index is 1.51. The Morgan fingerprint density at radius 3 is 2.65 bits per heavy atom. The van der Waals surface area contributed by atoms with Crippen molar-refractivity contribution >= 4 is 17.5 Å². The lowest BCUT2D eigenvalue weighted by Crippen LogP contribution is -2.16. The zero-order valence-electron chi connectivity index (χ0n) is 18.0. The van der Waals surface area contributed by atoms with E-state index in [1.807, 2.05) is 13.0 Å². The summed E-state index contributed by atoms with van der Waals surface area (Å²) in [6, 6.07) is 11.8. The molecule has 2 N–H and O–H groups in total. The van der Waals surface area contributed by atoms with Crippen LogP contribution in [0.4, 0.5) is 4.39 Å². The highest BCUT2D eigenvalue weighted by atomic mass is 32.2. The number of nitrogens with two attached hydrogens (primary N) is 1. The van der Waals surface area contributed by atoms with Gasteiger partial charge in [0.25, 0.3) is 0 Å². The molecule has 1 heterocycles. The van der Waals surface area contributed by atoms with E-state index in [2.05, 4.69) is 36.2 Å². The molecule has 0 aliphatic carbocycles. The Bertz CT molecular complexity index is 1030. The number of halogens is 1. The van der Waals surface area contributed by atoms with Crippen LogP contribution in [0.15, 0.2) is 47.6 Å². The first-order valence-corrected chi connectivity index (χ1v) is 11.2. The predicted molar refractivity (Wildman–Crippen MR) is 120 cm³/mol. The van der Waals surface area contributed by atoms with E-state index in [1.54, 1.807) is 0 Å². The number of carbonyl (C=O) groups excluding carboxylic acids is 1. The van der Waals surface area contributed by atoms with Gasteiger partial charge in [-0.15, -0.1) is 10.2 Å². The van der Waals surface area contributed by atoms with E-state index in [4.69, 9.17) is 10.6 Å². The van der Waals surface area contributed by atoms with Crippen LogP contribution in [0, 0.1) is 12.7 Å². The molecule has 0 atom stereocenters. The van der Waals surface area contributed by atoms with Crippen LogP contribution < -0.4 is 10.6 Å². The molecule has 0 saturated heterocycles. The van der Waals surface area contributed by atoms with Gasteiger partial charge in [0.15, 0.2) is 11.6 Å². The van der Waals surface area contributed by atoms with Gasteiger partial charge in [-0.25, -0.2) is 9.07 Å². The number of rotatable bonds is 10. The molecular weight excluding hydrogens is 415 g/mol. The number of ether oxygens (including phenoxy) is 1. The summed E-state index contributed by atoms with van der Waals surface area (Å²) in [6.45, 7) is 6.49. The maximum Gasteiger partial charge on any atom is 0.209 e. The van der Waals surface area contributed by atoms with Crippen molar-refractivity contribution in [3.05, 3.63) is 70.8 Å². The summed E-state index contributed by atoms with van der Waals surface area (Å²) in [6.07, 6.45) is 1.03. The minimum Gasteiger partial charge on any atom is -0.485 e. The Labute approximate surface area is 186 Å². The number of nitrogen functional groups attached to an aromatic ring is 1. The second-order valence-electron chi connectivity index (χ2n) is 7.64. The van der Waals surface area contributed by atoms with Crippen LogP contribution in [-0.4, -0.2) is 26.4 Å². The van der Waals surface area contributed by atoms with E-state index in [9.17, 15) is 9.18 Å². The molecule has 0 fully saturated rings. The third-order valence-electron chi connectivity index (χ3n) is 4.83. The van der Waals surface area contributed by atoms with Crippen LogP contribution in [0.2, 0.25) is 0 Å². The quantitative estimate of drug-likeness (QED) is 0.208. The Morgan fingerprint density at radius 2 is 1.94 bits per heavy atom. The van der Waals surface area contributed by atoms with Crippen LogP contribution in [0.1, 0.15) is 59.9 Å². The second kappa shape index (κ2) is 10.4. The number of benzene rings is 2. The van der Waals surface area contributed by atoms with Gasteiger partial charge in [0.05, 0.1) is 0 Å². The second-order valence-corrected chi connectivity index (χ2v) is 8.70. The van der Waals surface area contributed by atoms with Gasteiger partial charge in [-0.2, -0.15) is 0 Å². The van der Waals surface area contributed by atoms with Gasteiger partial charge in [-0.1, -0.05) is 37.7 Å². The molecule has 2 aromatic carbocycles. The third-order valence-corrected chi connectivity index (χ3v) is 5.86. The predicted octanol–water partition coefficient (Wildman–Crippen LogP) is 4.90. The molecule has 0 aliphatic rings. The summed E-state index contributed by atoms with van der Waals surface area (Å²) >= 11 is 1.44. The third kappa shape index (κ3) is 6.07. The number of thioether (sulfide) groups is 1. The van der Waals surface area contributed by atoms with E-state index in [0.717, 1.165) is 16.9 Å². The van der Waals surface area contributed by atoms with Crippen LogP contribution >= 0.6 is 11.8 Å². The standard InChI is InChI=1S/C23H27FN4O2S/c1-15(2)19-11-6-16(3)13-21(19)30-14-22-26-27-23(28(22)25)31-12-4-5-20(29)17-7-9-18(24)10-8-17/h6-11,13,15H,4-5,12,14,25H2,1-3H3. The summed E-state index contributed by atoms with van der Waals surface area (Å²) in [7, 11) is 0. The molecule has 6 nitrogen and oxygen atoms in total. The van der Waals surface area contributed by atoms with Crippen molar-refractivity contribution in [3.8, 4) is 5.75 Å². The summed E-state index contributed by atoms with van der Waals surface area (Å²) in [5, 5.41) is 8.84. The Hall–Kier alpha value is -2.87. The number of Topliss-reactive ketones (excluding diaryl/α,β-unsaturated/α-hetero) is 1.